The zero-order chi connectivity index (χ0) is 19.9. The van der Waals surface area contributed by atoms with E-state index < -0.39 is 0 Å². The Morgan fingerprint density at radius 3 is 2.32 bits per heavy atom. The lowest BCUT2D eigenvalue weighted by atomic mass is 9.72. The molecule has 0 radical (unpaired) electrons. The molecule has 2 nitrogen and oxygen atoms in total. The van der Waals surface area contributed by atoms with E-state index in [9.17, 15) is 4.39 Å². The Morgan fingerprint density at radius 1 is 0.929 bits per heavy atom. The lowest BCUT2D eigenvalue weighted by Gasteiger charge is -2.35. The quantitative estimate of drug-likeness (QED) is 0.442. The van der Waals surface area contributed by atoms with Gasteiger partial charge in [-0.05, 0) is 94.6 Å². The molecule has 0 heterocycles. The van der Waals surface area contributed by atoms with Crippen molar-refractivity contribution in [2.45, 2.75) is 72.1 Å². The summed E-state index contributed by atoms with van der Waals surface area (Å²) in [6.07, 6.45) is 15.5. The second-order valence-electron chi connectivity index (χ2n) is 8.70. The average molecular weight is 389 g/mol. The third kappa shape index (κ3) is 5.30. The van der Waals surface area contributed by atoms with E-state index in [4.69, 9.17) is 9.47 Å². The van der Waals surface area contributed by atoms with Crippen molar-refractivity contribution in [3.8, 4) is 11.5 Å². The second kappa shape index (κ2) is 10.3. The number of benzene rings is 1. The molecule has 2 aliphatic carbocycles. The van der Waals surface area contributed by atoms with Crippen LogP contribution < -0.4 is 9.47 Å². The minimum Gasteiger partial charge on any atom is -0.493 e. The van der Waals surface area contributed by atoms with Crippen molar-refractivity contribution in [1.29, 1.82) is 0 Å². The van der Waals surface area contributed by atoms with E-state index in [1.165, 1.54) is 51.4 Å². The van der Waals surface area contributed by atoms with Crippen molar-refractivity contribution in [1.82, 2.24) is 0 Å². The molecular weight excluding hydrogens is 351 g/mol. The summed E-state index contributed by atoms with van der Waals surface area (Å²) in [5.41, 5.74) is 0.550. The summed E-state index contributed by atoms with van der Waals surface area (Å²) < 4.78 is 25.7. The minimum absolute atomic E-state index is 0.298. The first-order valence-electron chi connectivity index (χ1n) is 11.3. The van der Waals surface area contributed by atoms with Crippen LogP contribution in [0.4, 0.5) is 4.39 Å². The van der Waals surface area contributed by atoms with Gasteiger partial charge in [-0.15, -0.1) is 0 Å². The largest absolute Gasteiger partial charge is 0.493 e. The molecule has 1 fully saturated rings. The van der Waals surface area contributed by atoms with Gasteiger partial charge in [0.25, 0.3) is 0 Å². The van der Waals surface area contributed by atoms with Gasteiger partial charge in [-0.2, -0.15) is 0 Å². The molecule has 1 saturated carbocycles. The molecule has 156 valence electrons. The third-order valence-electron chi connectivity index (χ3n) is 6.73. The molecule has 0 N–H and O–H groups in total. The maximum Gasteiger partial charge on any atom is 0.171 e. The lowest BCUT2D eigenvalue weighted by Crippen LogP contribution is -2.25. The van der Waals surface area contributed by atoms with E-state index in [2.05, 4.69) is 19.1 Å². The van der Waals surface area contributed by atoms with Crippen LogP contribution in [0.15, 0.2) is 24.3 Å². The number of ether oxygens (including phenoxy) is 2. The molecule has 1 aromatic carbocycles. The Labute approximate surface area is 170 Å². The summed E-state index contributed by atoms with van der Waals surface area (Å²) in [5, 5.41) is 0. The molecular formula is C25H37FO2. The SMILES string of the molecule is CCCC1C=CC(C2CCC(COc3ccc(OCC)c(F)c3C)CC2)CC1. The number of hydrogen-bond donors (Lipinski definition) is 0. The van der Waals surface area contributed by atoms with E-state index in [-0.39, 0.29) is 5.82 Å². The summed E-state index contributed by atoms with van der Waals surface area (Å²) in [4.78, 5) is 0. The van der Waals surface area contributed by atoms with Gasteiger partial charge in [0.05, 0.1) is 13.2 Å². The molecule has 0 spiro atoms. The molecule has 3 heteroatoms. The average Bonchev–Trinajstić information content (AvgIpc) is 2.72. The van der Waals surface area contributed by atoms with Gasteiger partial charge in [-0.25, -0.2) is 4.39 Å². The van der Waals surface area contributed by atoms with Crippen LogP contribution in [-0.2, 0) is 0 Å². The van der Waals surface area contributed by atoms with Gasteiger partial charge in [0.2, 0.25) is 0 Å². The number of halogens is 1. The monoisotopic (exact) mass is 388 g/mol. The molecule has 0 saturated heterocycles. The van der Waals surface area contributed by atoms with Crippen LogP contribution in [0.1, 0.15) is 70.8 Å². The first-order chi connectivity index (χ1) is 13.6. The standard InChI is InChI=1S/C25H37FO2/c1-4-6-19-7-11-21(12-8-19)22-13-9-20(10-14-22)17-28-23-15-16-24(27-5-2)25(26)18(23)3/h7,11,15-16,19-22H,4-6,8-10,12-14,17H2,1-3H3. The van der Waals surface area contributed by atoms with Crippen LogP contribution in [0, 0.1) is 36.4 Å². The smallest absolute Gasteiger partial charge is 0.171 e. The van der Waals surface area contributed by atoms with Crippen molar-refractivity contribution in [2.75, 3.05) is 13.2 Å². The van der Waals surface area contributed by atoms with Crippen molar-refractivity contribution in [2.24, 2.45) is 23.7 Å². The van der Waals surface area contributed by atoms with Gasteiger partial charge < -0.3 is 9.47 Å². The van der Waals surface area contributed by atoms with E-state index in [0.717, 1.165) is 17.8 Å². The molecule has 0 amide bonds. The Morgan fingerprint density at radius 2 is 1.68 bits per heavy atom. The van der Waals surface area contributed by atoms with Crippen molar-refractivity contribution in [3.63, 3.8) is 0 Å². The molecule has 2 aliphatic rings. The highest BCUT2D eigenvalue weighted by Crippen LogP contribution is 2.39. The predicted molar refractivity (Wildman–Crippen MR) is 114 cm³/mol. The first kappa shape index (κ1) is 21.2. The lowest BCUT2D eigenvalue weighted by molar-refractivity contribution is 0.158. The van der Waals surface area contributed by atoms with Crippen LogP contribution >= 0.6 is 0 Å². The van der Waals surface area contributed by atoms with E-state index in [1.807, 2.05) is 13.0 Å². The van der Waals surface area contributed by atoms with Crippen molar-refractivity contribution >= 4 is 0 Å². The van der Waals surface area contributed by atoms with E-state index >= 15 is 0 Å². The van der Waals surface area contributed by atoms with Gasteiger partial charge >= 0.3 is 0 Å². The molecule has 2 unspecified atom stereocenters. The number of rotatable bonds is 8. The topological polar surface area (TPSA) is 18.5 Å². The summed E-state index contributed by atoms with van der Waals surface area (Å²) >= 11 is 0. The highest BCUT2D eigenvalue weighted by Gasteiger charge is 2.28. The Kier molecular flexibility index (Phi) is 7.82. The van der Waals surface area contributed by atoms with Crippen LogP contribution in [-0.4, -0.2) is 13.2 Å². The number of allylic oxidation sites excluding steroid dienone is 2. The van der Waals surface area contributed by atoms with Crippen LogP contribution in [0.25, 0.3) is 0 Å². The number of hydrogen-bond acceptors (Lipinski definition) is 2. The Hall–Kier alpha value is -1.51. The van der Waals surface area contributed by atoms with Crippen LogP contribution in [0.5, 0.6) is 11.5 Å². The molecule has 3 rings (SSSR count). The van der Waals surface area contributed by atoms with Gasteiger partial charge in [0.15, 0.2) is 11.6 Å². The van der Waals surface area contributed by atoms with Gasteiger partial charge in [-0.1, -0.05) is 25.5 Å². The zero-order valence-corrected chi connectivity index (χ0v) is 17.9. The first-order valence-corrected chi connectivity index (χ1v) is 11.3. The summed E-state index contributed by atoms with van der Waals surface area (Å²) in [6.45, 7) is 7.08. The summed E-state index contributed by atoms with van der Waals surface area (Å²) in [6, 6.07) is 3.52. The van der Waals surface area contributed by atoms with Gasteiger partial charge in [-0.3, -0.25) is 0 Å². The maximum atomic E-state index is 14.3. The van der Waals surface area contributed by atoms with Gasteiger partial charge in [0.1, 0.15) is 5.75 Å². The summed E-state index contributed by atoms with van der Waals surface area (Å²) in [5.74, 6) is 3.72. The molecule has 0 bridgehead atoms. The zero-order valence-electron chi connectivity index (χ0n) is 17.9. The highest BCUT2D eigenvalue weighted by molar-refractivity contribution is 5.41. The fourth-order valence-corrected chi connectivity index (χ4v) is 4.96. The predicted octanol–water partition coefficient (Wildman–Crippen LogP) is 7.10. The van der Waals surface area contributed by atoms with E-state index in [1.54, 1.807) is 13.0 Å². The highest BCUT2D eigenvalue weighted by atomic mass is 19.1. The molecule has 0 aromatic heterocycles. The fraction of sp³-hybridized carbons (Fsp3) is 0.680. The Bertz CT molecular complexity index is 646. The molecule has 28 heavy (non-hydrogen) atoms. The van der Waals surface area contributed by atoms with Gasteiger partial charge in [0, 0.05) is 5.56 Å². The fourth-order valence-electron chi connectivity index (χ4n) is 4.96. The molecule has 1 aromatic rings. The maximum absolute atomic E-state index is 14.3. The van der Waals surface area contributed by atoms with Crippen molar-refractivity contribution in [3.05, 3.63) is 35.7 Å². The normalized spacial score (nSPS) is 27.6. The second-order valence-corrected chi connectivity index (χ2v) is 8.70. The summed E-state index contributed by atoms with van der Waals surface area (Å²) in [7, 11) is 0. The third-order valence-corrected chi connectivity index (χ3v) is 6.73. The minimum atomic E-state index is -0.298. The molecule has 2 atom stereocenters. The van der Waals surface area contributed by atoms with E-state index in [0.29, 0.717) is 36.2 Å². The van der Waals surface area contributed by atoms with Crippen LogP contribution in [0.2, 0.25) is 0 Å². The molecule has 0 aliphatic heterocycles. The van der Waals surface area contributed by atoms with Crippen LogP contribution in [0.3, 0.4) is 0 Å². The van der Waals surface area contributed by atoms with Crippen molar-refractivity contribution < 1.29 is 13.9 Å². The Balaban J connectivity index is 1.45.